The predicted molar refractivity (Wildman–Crippen MR) is 110 cm³/mol. The number of ether oxygens (including phenoxy) is 1. The lowest BCUT2D eigenvalue weighted by molar-refractivity contribution is -0.119. The van der Waals surface area contributed by atoms with Crippen molar-refractivity contribution in [3.63, 3.8) is 0 Å². The van der Waals surface area contributed by atoms with Crippen LogP contribution in [0.2, 0.25) is 0 Å². The van der Waals surface area contributed by atoms with E-state index in [1.54, 1.807) is 42.2 Å². The third-order valence-corrected chi connectivity index (χ3v) is 5.41. The first-order valence-corrected chi connectivity index (χ1v) is 10.2. The third kappa shape index (κ3) is 4.95. The highest BCUT2D eigenvalue weighted by molar-refractivity contribution is 5.95. The van der Waals surface area contributed by atoms with Gasteiger partial charge in [-0.15, -0.1) is 0 Å². The average Bonchev–Trinajstić information content (AvgIpc) is 3.18. The van der Waals surface area contributed by atoms with Crippen LogP contribution in [-0.2, 0) is 9.53 Å². The lowest BCUT2D eigenvalue weighted by Crippen LogP contribution is -2.40. The molecule has 2 atom stereocenters. The van der Waals surface area contributed by atoms with Crippen molar-refractivity contribution in [2.45, 2.75) is 38.3 Å². The van der Waals surface area contributed by atoms with Crippen LogP contribution >= 0.6 is 0 Å². The SMILES string of the molecule is CC(C(=O)Nc1cccc(NC(=O)N(CC2CCOC2)C2CC2)c1)n1cccn1. The second-order valence-electron chi connectivity index (χ2n) is 7.78. The van der Waals surface area contributed by atoms with Crippen LogP contribution in [0.1, 0.15) is 32.2 Å². The van der Waals surface area contributed by atoms with Crippen LogP contribution in [0.4, 0.5) is 16.2 Å². The summed E-state index contributed by atoms with van der Waals surface area (Å²) in [5.74, 6) is 0.244. The Hall–Kier alpha value is -2.87. The van der Waals surface area contributed by atoms with Crippen molar-refractivity contribution >= 4 is 23.3 Å². The molecule has 1 saturated heterocycles. The van der Waals surface area contributed by atoms with Crippen molar-refractivity contribution in [2.24, 2.45) is 5.92 Å². The number of rotatable bonds is 7. The molecule has 4 rings (SSSR count). The van der Waals surface area contributed by atoms with E-state index in [4.69, 9.17) is 4.74 Å². The molecule has 3 amide bonds. The van der Waals surface area contributed by atoms with Gasteiger partial charge in [-0.05, 0) is 50.5 Å². The van der Waals surface area contributed by atoms with E-state index in [2.05, 4.69) is 15.7 Å². The monoisotopic (exact) mass is 397 g/mol. The fraction of sp³-hybridized carbons (Fsp3) is 0.476. The molecule has 0 bridgehead atoms. The Balaban J connectivity index is 1.37. The topological polar surface area (TPSA) is 88.5 Å². The maximum atomic E-state index is 12.9. The summed E-state index contributed by atoms with van der Waals surface area (Å²) >= 11 is 0. The van der Waals surface area contributed by atoms with Crippen molar-refractivity contribution in [3.05, 3.63) is 42.7 Å². The Morgan fingerprint density at radius 3 is 2.69 bits per heavy atom. The Bertz CT molecular complexity index is 844. The molecule has 29 heavy (non-hydrogen) atoms. The zero-order valence-electron chi connectivity index (χ0n) is 16.6. The van der Waals surface area contributed by atoms with Crippen LogP contribution in [0.15, 0.2) is 42.7 Å². The minimum absolute atomic E-state index is 0.0900. The van der Waals surface area contributed by atoms with Crippen molar-refractivity contribution in [1.82, 2.24) is 14.7 Å². The van der Waals surface area contributed by atoms with Gasteiger partial charge in [0.25, 0.3) is 0 Å². The number of carbonyl (C=O) groups is 2. The summed E-state index contributed by atoms with van der Waals surface area (Å²) in [6.07, 6.45) is 6.52. The molecule has 8 nitrogen and oxygen atoms in total. The first kappa shape index (κ1) is 19.4. The highest BCUT2D eigenvalue weighted by Crippen LogP contribution is 2.30. The molecule has 1 aromatic heterocycles. The fourth-order valence-corrected chi connectivity index (χ4v) is 3.54. The average molecular weight is 397 g/mol. The Morgan fingerprint density at radius 2 is 2.03 bits per heavy atom. The molecular weight excluding hydrogens is 370 g/mol. The van der Waals surface area contributed by atoms with Crippen LogP contribution in [-0.4, -0.2) is 52.4 Å². The zero-order valence-corrected chi connectivity index (χ0v) is 16.6. The largest absolute Gasteiger partial charge is 0.381 e. The van der Waals surface area contributed by atoms with E-state index in [0.29, 0.717) is 23.3 Å². The number of anilines is 2. The van der Waals surface area contributed by atoms with Gasteiger partial charge >= 0.3 is 6.03 Å². The van der Waals surface area contributed by atoms with Gasteiger partial charge in [-0.1, -0.05) is 6.07 Å². The van der Waals surface area contributed by atoms with Gasteiger partial charge in [0.1, 0.15) is 6.04 Å². The molecule has 0 radical (unpaired) electrons. The number of nitrogens with zero attached hydrogens (tertiary/aromatic N) is 3. The third-order valence-electron chi connectivity index (χ3n) is 5.41. The zero-order chi connectivity index (χ0) is 20.2. The molecule has 154 valence electrons. The van der Waals surface area contributed by atoms with Gasteiger partial charge in [0.05, 0.1) is 6.61 Å². The van der Waals surface area contributed by atoms with Gasteiger partial charge in [0.15, 0.2) is 0 Å². The minimum Gasteiger partial charge on any atom is -0.381 e. The summed E-state index contributed by atoms with van der Waals surface area (Å²) in [7, 11) is 0. The quantitative estimate of drug-likeness (QED) is 0.751. The van der Waals surface area contributed by atoms with Crippen LogP contribution in [0.5, 0.6) is 0 Å². The van der Waals surface area contributed by atoms with Crippen molar-refractivity contribution in [1.29, 1.82) is 0 Å². The molecule has 2 aromatic rings. The molecule has 2 unspecified atom stereocenters. The van der Waals surface area contributed by atoms with Gasteiger partial charge in [0, 0.05) is 48.9 Å². The molecule has 1 aliphatic heterocycles. The van der Waals surface area contributed by atoms with Crippen molar-refractivity contribution < 1.29 is 14.3 Å². The predicted octanol–water partition coefficient (Wildman–Crippen LogP) is 3.12. The molecule has 1 aromatic carbocycles. The van der Waals surface area contributed by atoms with Gasteiger partial charge in [-0.2, -0.15) is 5.10 Å². The van der Waals surface area contributed by atoms with E-state index in [9.17, 15) is 9.59 Å². The second kappa shape index (κ2) is 8.65. The van der Waals surface area contributed by atoms with E-state index in [1.807, 2.05) is 17.0 Å². The number of hydrogen-bond donors (Lipinski definition) is 2. The summed E-state index contributed by atoms with van der Waals surface area (Å²) < 4.78 is 7.05. The Morgan fingerprint density at radius 1 is 1.24 bits per heavy atom. The van der Waals surface area contributed by atoms with E-state index >= 15 is 0 Å². The summed E-state index contributed by atoms with van der Waals surface area (Å²) in [6.45, 7) is 4.03. The molecule has 2 heterocycles. The lowest BCUT2D eigenvalue weighted by atomic mass is 10.1. The van der Waals surface area contributed by atoms with Gasteiger partial charge in [0.2, 0.25) is 5.91 Å². The van der Waals surface area contributed by atoms with Crippen molar-refractivity contribution in [3.8, 4) is 0 Å². The number of benzene rings is 1. The van der Waals surface area contributed by atoms with Crippen LogP contribution in [0, 0.1) is 5.92 Å². The number of aromatic nitrogens is 2. The molecule has 0 spiro atoms. The van der Waals surface area contributed by atoms with Gasteiger partial charge in [-0.25, -0.2) is 4.79 Å². The van der Waals surface area contributed by atoms with E-state index < -0.39 is 6.04 Å². The molecule has 2 aliphatic rings. The second-order valence-corrected chi connectivity index (χ2v) is 7.78. The molecule has 1 aliphatic carbocycles. The van der Waals surface area contributed by atoms with Crippen molar-refractivity contribution in [2.75, 3.05) is 30.4 Å². The highest BCUT2D eigenvalue weighted by atomic mass is 16.5. The van der Waals surface area contributed by atoms with E-state index in [0.717, 1.165) is 39.0 Å². The molecule has 2 N–H and O–H groups in total. The number of urea groups is 1. The number of nitrogens with one attached hydrogen (secondary N) is 2. The lowest BCUT2D eigenvalue weighted by Gasteiger charge is -2.25. The Labute approximate surface area is 170 Å². The van der Waals surface area contributed by atoms with Gasteiger partial charge < -0.3 is 20.3 Å². The standard InChI is InChI=1S/C21H27N5O3/c1-15(26-10-3-9-22-26)20(27)23-17-4-2-5-18(12-17)24-21(28)25(19-6-7-19)13-16-8-11-29-14-16/h2-5,9-10,12,15-16,19H,6-8,11,13-14H2,1H3,(H,23,27)(H,24,28). The summed E-state index contributed by atoms with van der Waals surface area (Å²) in [5.41, 5.74) is 1.29. The van der Waals surface area contributed by atoms with E-state index in [-0.39, 0.29) is 11.9 Å². The molecule has 1 saturated carbocycles. The highest BCUT2D eigenvalue weighted by Gasteiger charge is 2.34. The van der Waals surface area contributed by atoms with Crippen LogP contribution in [0.3, 0.4) is 0 Å². The summed E-state index contributed by atoms with van der Waals surface area (Å²) in [5, 5.41) is 9.97. The summed E-state index contributed by atoms with van der Waals surface area (Å²) in [6, 6.07) is 8.81. The minimum atomic E-state index is -0.428. The molecule has 2 fully saturated rings. The number of amides is 3. The smallest absolute Gasteiger partial charge is 0.322 e. The molecular formula is C21H27N5O3. The van der Waals surface area contributed by atoms with E-state index in [1.165, 1.54) is 0 Å². The first-order chi connectivity index (χ1) is 14.1. The van der Waals surface area contributed by atoms with Crippen LogP contribution < -0.4 is 10.6 Å². The number of hydrogen-bond acceptors (Lipinski definition) is 4. The maximum absolute atomic E-state index is 12.9. The first-order valence-electron chi connectivity index (χ1n) is 10.2. The fourth-order valence-electron chi connectivity index (χ4n) is 3.54. The summed E-state index contributed by atoms with van der Waals surface area (Å²) in [4.78, 5) is 27.3. The molecule has 8 heteroatoms. The maximum Gasteiger partial charge on any atom is 0.322 e. The van der Waals surface area contributed by atoms with Crippen LogP contribution in [0.25, 0.3) is 0 Å². The Kier molecular flexibility index (Phi) is 5.80. The number of carbonyl (C=O) groups excluding carboxylic acids is 2. The normalized spacial score (nSPS) is 19.6. The van der Waals surface area contributed by atoms with Gasteiger partial charge in [-0.3, -0.25) is 9.48 Å².